The van der Waals surface area contributed by atoms with Gasteiger partial charge < -0.3 is 10.3 Å². The zero-order valence-corrected chi connectivity index (χ0v) is 12.7. The average molecular weight is 275 g/mol. The minimum Gasteiger partial charge on any atom is -0.339 e. The van der Waals surface area contributed by atoms with E-state index in [1.54, 1.807) is 0 Å². The van der Waals surface area contributed by atoms with Crippen LogP contribution in [0.1, 0.15) is 49.0 Å². The van der Waals surface area contributed by atoms with Crippen molar-refractivity contribution >= 4 is 11.6 Å². The summed E-state index contributed by atoms with van der Waals surface area (Å²) >= 11 is 0. The summed E-state index contributed by atoms with van der Waals surface area (Å²) in [5, 5.41) is 0. The Bertz CT molecular complexity index is 496. The van der Waals surface area contributed by atoms with Crippen molar-refractivity contribution in [2.75, 3.05) is 18.5 Å². The Morgan fingerprint density at radius 2 is 2.05 bits per heavy atom. The third-order valence-corrected chi connectivity index (χ3v) is 4.19. The minimum absolute atomic E-state index is 0.0793. The number of hydrogen-bond acceptors (Lipinski definition) is 3. The number of carbonyl (C=O) groups is 1. The number of rotatable bonds is 2. The van der Waals surface area contributed by atoms with Gasteiger partial charge in [-0.2, -0.15) is 0 Å². The maximum Gasteiger partial charge on any atom is 0.256 e. The van der Waals surface area contributed by atoms with Gasteiger partial charge in [-0.15, -0.1) is 0 Å². The SMILES string of the molecule is Cc1ccc(C(=O)N2CCCC(C)(C)CC2)c(NN)c1. The highest BCUT2D eigenvalue weighted by molar-refractivity contribution is 5.99. The lowest BCUT2D eigenvalue weighted by Crippen LogP contribution is -2.33. The maximum atomic E-state index is 12.7. The molecule has 4 heteroatoms. The van der Waals surface area contributed by atoms with Crippen LogP contribution in [0.3, 0.4) is 0 Å². The van der Waals surface area contributed by atoms with Crippen molar-refractivity contribution in [3.8, 4) is 0 Å². The second kappa shape index (κ2) is 5.83. The van der Waals surface area contributed by atoms with Gasteiger partial charge in [0.1, 0.15) is 0 Å². The summed E-state index contributed by atoms with van der Waals surface area (Å²) in [5.41, 5.74) is 5.43. The summed E-state index contributed by atoms with van der Waals surface area (Å²) in [6.07, 6.45) is 3.29. The van der Waals surface area contributed by atoms with Crippen LogP contribution in [-0.2, 0) is 0 Å². The van der Waals surface area contributed by atoms with Gasteiger partial charge >= 0.3 is 0 Å². The number of hydrogen-bond donors (Lipinski definition) is 2. The molecular formula is C16H25N3O. The molecule has 1 heterocycles. The molecule has 0 unspecified atom stereocenters. The van der Waals surface area contributed by atoms with E-state index in [9.17, 15) is 4.79 Å². The van der Waals surface area contributed by atoms with Crippen LogP contribution in [0.2, 0.25) is 0 Å². The Kier molecular flexibility index (Phi) is 4.33. The number of nitrogens with two attached hydrogens (primary N) is 1. The quantitative estimate of drug-likeness (QED) is 0.644. The summed E-state index contributed by atoms with van der Waals surface area (Å²) in [5.74, 6) is 5.62. The van der Waals surface area contributed by atoms with Crippen LogP contribution in [0, 0.1) is 12.3 Å². The molecule has 1 aromatic carbocycles. The van der Waals surface area contributed by atoms with Crippen molar-refractivity contribution in [3.63, 3.8) is 0 Å². The Morgan fingerprint density at radius 1 is 1.30 bits per heavy atom. The number of nitrogens with zero attached hydrogens (tertiary/aromatic N) is 1. The number of aryl methyl sites for hydroxylation is 1. The van der Waals surface area contributed by atoms with E-state index >= 15 is 0 Å². The molecule has 0 radical (unpaired) electrons. The summed E-state index contributed by atoms with van der Waals surface area (Å²) < 4.78 is 0. The standard InChI is InChI=1S/C16H25N3O/c1-12-5-6-13(14(11-12)18-17)15(20)19-9-4-7-16(2,3)8-10-19/h5-6,11,18H,4,7-10,17H2,1-3H3. The predicted octanol–water partition coefficient (Wildman–Crippen LogP) is 2.93. The fraction of sp³-hybridized carbons (Fsp3) is 0.562. The highest BCUT2D eigenvalue weighted by Crippen LogP contribution is 2.30. The minimum atomic E-state index is 0.0793. The molecule has 3 N–H and O–H groups in total. The van der Waals surface area contributed by atoms with Crippen molar-refractivity contribution in [2.45, 2.75) is 40.0 Å². The molecule has 1 aliphatic heterocycles. The first kappa shape index (κ1) is 14.9. The molecule has 2 rings (SSSR count). The third-order valence-electron chi connectivity index (χ3n) is 4.19. The van der Waals surface area contributed by atoms with Gasteiger partial charge in [0.25, 0.3) is 5.91 Å². The van der Waals surface area contributed by atoms with Crippen molar-refractivity contribution in [3.05, 3.63) is 29.3 Å². The predicted molar refractivity (Wildman–Crippen MR) is 82.5 cm³/mol. The first-order chi connectivity index (χ1) is 9.43. The lowest BCUT2D eigenvalue weighted by molar-refractivity contribution is 0.0758. The van der Waals surface area contributed by atoms with E-state index in [2.05, 4.69) is 19.3 Å². The van der Waals surface area contributed by atoms with E-state index in [0.717, 1.165) is 31.5 Å². The van der Waals surface area contributed by atoms with Crippen LogP contribution in [-0.4, -0.2) is 23.9 Å². The topological polar surface area (TPSA) is 58.4 Å². The summed E-state index contributed by atoms with van der Waals surface area (Å²) in [6, 6.07) is 5.73. The van der Waals surface area contributed by atoms with Gasteiger partial charge in [-0.05, 0) is 49.3 Å². The van der Waals surface area contributed by atoms with Crippen LogP contribution >= 0.6 is 0 Å². The Morgan fingerprint density at radius 3 is 2.75 bits per heavy atom. The van der Waals surface area contributed by atoms with Crippen molar-refractivity contribution in [1.29, 1.82) is 0 Å². The summed E-state index contributed by atoms with van der Waals surface area (Å²) in [4.78, 5) is 14.6. The molecule has 0 atom stereocenters. The summed E-state index contributed by atoms with van der Waals surface area (Å²) in [7, 11) is 0. The number of nitrogens with one attached hydrogen (secondary N) is 1. The van der Waals surface area contributed by atoms with Crippen LogP contribution in [0.25, 0.3) is 0 Å². The highest BCUT2D eigenvalue weighted by Gasteiger charge is 2.26. The Hall–Kier alpha value is -1.55. The van der Waals surface area contributed by atoms with Gasteiger partial charge in [-0.3, -0.25) is 10.6 Å². The molecule has 0 aromatic heterocycles. The van der Waals surface area contributed by atoms with Crippen LogP contribution in [0.4, 0.5) is 5.69 Å². The van der Waals surface area contributed by atoms with E-state index in [1.807, 2.05) is 30.0 Å². The molecule has 4 nitrogen and oxygen atoms in total. The Labute approximate surface area is 121 Å². The number of likely N-dealkylation sites (tertiary alicyclic amines) is 1. The maximum absolute atomic E-state index is 12.7. The van der Waals surface area contributed by atoms with Gasteiger partial charge in [0, 0.05) is 13.1 Å². The second-order valence-corrected chi connectivity index (χ2v) is 6.50. The van der Waals surface area contributed by atoms with Crippen LogP contribution in [0.15, 0.2) is 18.2 Å². The first-order valence-electron chi connectivity index (χ1n) is 7.29. The number of amides is 1. The molecule has 0 aliphatic carbocycles. The molecule has 0 spiro atoms. The zero-order valence-electron chi connectivity index (χ0n) is 12.7. The van der Waals surface area contributed by atoms with Crippen molar-refractivity contribution in [2.24, 2.45) is 11.3 Å². The normalized spacial score (nSPS) is 18.5. The fourth-order valence-electron chi connectivity index (χ4n) is 2.76. The highest BCUT2D eigenvalue weighted by atomic mass is 16.2. The van der Waals surface area contributed by atoms with Crippen LogP contribution < -0.4 is 11.3 Å². The fourth-order valence-corrected chi connectivity index (χ4v) is 2.76. The monoisotopic (exact) mass is 275 g/mol. The molecule has 0 bridgehead atoms. The molecule has 1 saturated heterocycles. The van der Waals surface area contributed by atoms with Crippen LogP contribution in [0.5, 0.6) is 0 Å². The zero-order chi connectivity index (χ0) is 14.8. The lowest BCUT2D eigenvalue weighted by atomic mass is 9.85. The van der Waals surface area contributed by atoms with E-state index in [0.29, 0.717) is 16.7 Å². The van der Waals surface area contributed by atoms with E-state index in [1.165, 1.54) is 6.42 Å². The largest absolute Gasteiger partial charge is 0.339 e. The smallest absolute Gasteiger partial charge is 0.256 e. The number of nitrogen functional groups attached to an aromatic ring is 1. The van der Waals surface area contributed by atoms with E-state index in [4.69, 9.17) is 5.84 Å². The van der Waals surface area contributed by atoms with Gasteiger partial charge in [0.15, 0.2) is 0 Å². The molecule has 110 valence electrons. The van der Waals surface area contributed by atoms with Crippen molar-refractivity contribution in [1.82, 2.24) is 4.90 Å². The molecule has 20 heavy (non-hydrogen) atoms. The molecule has 0 saturated carbocycles. The Balaban J connectivity index is 2.19. The number of hydrazine groups is 1. The van der Waals surface area contributed by atoms with Crippen molar-refractivity contribution < 1.29 is 4.79 Å². The second-order valence-electron chi connectivity index (χ2n) is 6.50. The van der Waals surface area contributed by atoms with E-state index in [-0.39, 0.29) is 5.91 Å². The van der Waals surface area contributed by atoms with E-state index < -0.39 is 0 Å². The average Bonchev–Trinajstić information content (AvgIpc) is 2.59. The van der Waals surface area contributed by atoms with Gasteiger partial charge in [-0.1, -0.05) is 19.9 Å². The first-order valence-corrected chi connectivity index (χ1v) is 7.29. The third kappa shape index (κ3) is 3.31. The lowest BCUT2D eigenvalue weighted by Gasteiger charge is -2.24. The molecular weight excluding hydrogens is 250 g/mol. The van der Waals surface area contributed by atoms with Gasteiger partial charge in [0.05, 0.1) is 11.3 Å². The molecule has 1 fully saturated rings. The number of carbonyl (C=O) groups excluding carboxylic acids is 1. The molecule has 1 aliphatic rings. The summed E-state index contributed by atoms with van der Waals surface area (Å²) in [6.45, 7) is 8.20. The van der Waals surface area contributed by atoms with Gasteiger partial charge in [0.2, 0.25) is 0 Å². The molecule has 1 aromatic rings. The molecule has 1 amide bonds. The van der Waals surface area contributed by atoms with Gasteiger partial charge in [-0.25, -0.2) is 0 Å². The number of benzene rings is 1. The number of anilines is 1.